The normalized spacial score (nSPS) is 11.1. The van der Waals surface area contributed by atoms with Crippen molar-refractivity contribution in [2.24, 2.45) is 0 Å². The molecule has 0 aromatic heterocycles. The number of hydrogen-bond acceptors (Lipinski definition) is 4. The Labute approximate surface area is 132 Å². The van der Waals surface area contributed by atoms with Crippen molar-refractivity contribution in [1.29, 1.82) is 0 Å². The van der Waals surface area contributed by atoms with Gasteiger partial charge in [0.2, 0.25) is 0 Å². The van der Waals surface area contributed by atoms with Crippen LogP contribution in [0.4, 0.5) is 10.1 Å². The van der Waals surface area contributed by atoms with Gasteiger partial charge in [-0.2, -0.15) is 0 Å². The summed E-state index contributed by atoms with van der Waals surface area (Å²) in [4.78, 5) is 10.9. The number of carbonyl (C=O) groups is 1. The highest BCUT2D eigenvalue weighted by molar-refractivity contribution is 7.92. The first-order chi connectivity index (χ1) is 10.7. The largest absolute Gasteiger partial charge is 0.496 e. The number of carboxylic acids is 1. The van der Waals surface area contributed by atoms with E-state index in [0.717, 1.165) is 12.1 Å². The Kier molecular flexibility index (Phi) is 4.55. The lowest BCUT2D eigenvalue weighted by molar-refractivity contribution is 0.0693. The Balaban J connectivity index is 2.41. The summed E-state index contributed by atoms with van der Waals surface area (Å²) in [7, 11) is -2.78. The van der Waals surface area contributed by atoms with Crippen LogP contribution in [0.25, 0.3) is 0 Å². The molecule has 0 saturated heterocycles. The van der Waals surface area contributed by atoms with E-state index in [-0.39, 0.29) is 21.9 Å². The Morgan fingerprint density at radius 1 is 1.22 bits per heavy atom. The van der Waals surface area contributed by atoms with Crippen molar-refractivity contribution >= 4 is 21.7 Å². The van der Waals surface area contributed by atoms with Crippen LogP contribution in [0.5, 0.6) is 5.75 Å². The van der Waals surface area contributed by atoms with Crippen molar-refractivity contribution < 1.29 is 27.4 Å². The third-order valence-electron chi connectivity index (χ3n) is 3.14. The standard InChI is InChI=1S/C15H14FNO5S/c1-9-3-4-10(7-13(9)16)17-23(20,21)11-5-6-14(22-2)12(8-11)15(18)19/h3-8,17H,1-2H3,(H,18,19). The summed E-state index contributed by atoms with van der Waals surface area (Å²) in [5, 5.41) is 9.10. The second kappa shape index (κ2) is 6.25. The summed E-state index contributed by atoms with van der Waals surface area (Å²) in [6.07, 6.45) is 0. The van der Waals surface area contributed by atoms with E-state index in [9.17, 15) is 17.6 Å². The minimum Gasteiger partial charge on any atom is -0.496 e. The SMILES string of the molecule is COc1ccc(S(=O)(=O)Nc2ccc(C)c(F)c2)cc1C(=O)O. The van der Waals surface area contributed by atoms with Crippen LogP contribution >= 0.6 is 0 Å². The molecule has 0 radical (unpaired) electrons. The molecule has 0 aliphatic carbocycles. The second-order valence-corrected chi connectivity index (χ2v) is 6.42. The average Bonchev–Trinajstić information content (AvgIpc) is 2.50. The van der Waals surface area contributed by atoms with Crippen LogP contribution < -0.4 is 9.46 Å². The molecule has 0 unspecified atom stereocenters. The van der Waals surface area contributed by atoms with E-state index in [1.54, 1.807) is 6.92 Å². The van der Waals surface area contributed by atoms with Crippen LogP contribution in [0.1, 0.15) is 15.9 Å². The molecular formula is C15H14FNO5S. The molecule has 0 aliphatic heterocycles. The molecule has 2 aromatic rings. The van der Waals surface area contributed by atoms with Crippen LogP contribution in [0.3, 0.4) is 0 Å². The predicted molar refractivity (Wildman–Crippen MR) is 81.9 cm³/mol. The molecule has 2 rings (SSSR count). The smallest absolute Gasteiger partial charge is 0.339 e. The van der Waals surface area contributed by atoms with Gasteiger partial charge in [-0.15, -0.1) is 0 Å². The Hall–Kier alpha value is -2.61. The van der Waals surface area contributed by atoms with Crippen LogP contribution in [0.15, 0.2) is 41.3 Å². The van der Waals surface area contributed by atoms with Gasteiger partial charge < -0.3 is 9.84 Å². The van der Waals surface area contributed by atoms with Crippen molar-refractivity contribution in [3.63, 3.8) is 0 Å². The maximum absolute atomic E-state index is 13.5. The summed E-state index contributed by atoms with van der Waals surface area (Å²) in [5.41, 5.74) is 0.136. The topological polar surface area (TPSA) is 92.7 Å². The van der Waals surface area contributed by atoms with E-state index < -0.39 is 21.8 Å². The predicted octanol–water partition coefficient (Wildman–Crippen LogP) is 2.64. The summed E-state index contributed by atoms with van der Waals surface area (Å²) in [6.45, 7) is 1.55. The summed E-state index contributed by atoms with van der Waals surface area (Å²) in [6, 6.07) is 7.33. The van der Waals surface area contributed by atoms with Crippen LogP contribution in [-0.2, 0) is 10.0 Å². The molecule has 122 valence electrons. The van der Waals surface area contributed by atoms with Gasteiger partial charge in [-0.25, -0.2) is 17.6 Å². The van der Waals surface area contributed by atoms with Crippen molar-refractivity contribution in [3.8, 4) is 5.75 Å². The van der Waals surface area contributed by atoms with Gasteiger partial charge in [-0.1, -0.05) is 6.07 Å². The van der Waals surface area contributed by atoms with Crippen molar-refractivity contribution in [1.82, 2.24) is 0 Å². The number of carboxylic acid groups (broad SMARTS) is 1. The van der Waals surface area contributed by atoms with Gasteiger partial charge in [0.05, 0.1) is 17.7 Å². The molecule has 23 heavy (non-hydrogen) atoms. The van der Waals surface area contributed by atoms with Crippen LogP contribution in [0, 0.1) is 12.7 Å². The molecule has 0 atom stereocenters. The highest BCUT2D eigenvalue weighted by Crippen LogP contribution is 2.24. The number of methoxy groups -OCH3 is 1. The number of rotatable bonds is 5. The number of ether oxygens (including phenoxy) is 1. The van der Waals surface area contributed by atoms with Gasteiger partial charge in [0.25, 0.3) is 10.0 Å². The average molecular weight is 339 g/mol. The molecule has 0 bridgehead atoms. The summed E-state index contributed by atoms with van der Waals surface area (Å²) >= 11 is 0. The number of sulfonamides is 1. The fourth-order valence-electron chi connectivity index (χ4n) is 1.89. The van der Waals surface area contributed by atoms with Crippen molar-refractivity contribution in [2.75, 3.05) is 11.8 Å². The van der Waals surface area contributed by atoms with E-state index in [4.69, 9.17) is 9.84 Å². The second-order valence-electron chi connectivity index (χ2n) is 4.74. The number of hydrogen-bond donors (Lipinski definition) is 2. The first kappa shape index (κ1) is 16.8. The van der Waals surface area contributed by atoms with Crippen LogP contribution in [0.2, 0.25) is 0 Å². The molecule has 0 aliphatic rings. The zero-order valence-corrected chi connectivity index (χ0v) is 13.1. The molecule has 0 amide bonds. The molecular weight excluding hydrogens is 325 g/mol. The number of halogens is 1. The van der Waals surface area contributed by atoms with Gasteiger partial charge in [-0.3, -0.25) is 4.72 Å². The third-order valence-corrected chi connectivity index (χ3v) is 4.51. The fourth-order valence-corrected chi connectivity index (χ4v) is 2.97. The zero-order chi connectivity index (χ0) is 17.2. The molecule has 2 aromatic carbocycles. The highest BCUT2D eigenvalue weighted by Gasteiger charge is 2.20. The van der Waals surface area contributed by atoms with E-state index in [2.05, 4.69) is 4.72 Å². The molecule has 2 N–H and O–H groups in total. The summed E-state index contributed by atoms with van der Waals surface area (Å²) in [5.74, 6) is -1.83. The first-order valence-electron chi connectivity index (χ1n) is 6.45. The lowest BCUT2D eigenvalue weighted by Gasteiger charge is -2.11. The molecule has 8 heteroatoms. The number of aromatic carboxylic acids is 1. The van der Waals surface area contributed by atoms with Crippen molar-refractivity contribution in [2.45, 2.75) is 11.8 Å². The quantitative estimate of drug-likeness (QED) is 0.873. The number of anilines is 1. The Morgan fingerprint density at radius 3 is 2.48 bits per heavy atom. The van der Waals surface area contributed by atoms with Gasteiger partial charge >= 0.3 is 5.97 Å². The van der Waals surface area contributed by atoms with E-state index in [1.807, 2.05) is 0 Å². The summed E-state index contributed by atoms with van der Waals surface area (Å²) < 4.78 is 45.2. The van der Waals surface area contributed by atoms with Gasteiger partial charge in [0.15, 0.2) is 0 Å². The lowest BCUT2D eigenvalue weighted by atomic mass is 10.2. The van der Waals surface area contributed by atoms with E-state index >= 15 is 0 Å². The number of nitrogens with one attached hydrogen (secondary N) is 1. The molecule has 0 spiro atoms. The number of benzene rings is 2. The fraction of sp³-hybridized carbons (Fsp3) is 0.133. The first-order valence-corrected chi connectivity index (χ1v) is 7.93. The van der Waals surface area contributed by atoms with Gasteiger partial charge in [0.1, 0.15) is 17.1 Å². The Bertz CT molecular complexity index is 864. The van der Waals surface area contributed by atoms with E-state index in [0.29, 0.717) is 5.56 Å². The molecule has 6 nitrogen and oxygen atoms in total. The molecule has 0 heterocycles. The van der Waals surface area contributed by atoms with Crippen LogP contribution in [-0.4, -0.2) is 26.6 Å². The number of aryl methyl sites for hydroxylation is 1. The minimum absolute atomic E-state index is 0.0397. The van der Waals surface area contributed by atoms with Crippen molar-refractivity contribution in [3.05, 3.63) is 53.3 Å². The molecule has 0 fully saturated rings. The van der Waals surface area contributed by atoms with E-state index in [1.165, 1.54) is 31.4 Å². The van der Waals surface area contributed by atoms with Gasteiger partial charge in [-0.05, 0) is 42.8 Å². The maximum atomic E-state index is 13.5. The Morgan fingerprint density at radius 2 is 1.91 bits per heavy atom. The lowest BCUT2D eigenvalue weighted by Crippen LogP contribution is -2.14. The minimum atomic E-state index is -4.06. The third kappa shape index (κ3) is 3.59. The molecule has 0 saturated carbocycles. The maximum Gasteiger partial charge on any atom is 0.339 e. The van der Waals surface area contributed by atoms with Gasteiger partial charge in [0, 0.05) is 0 Å². The monoisotopic (exact) mass is 339 g/mol. The highest BCUT2D eigenvalue weighted by atomic mass is 32.2. The zero-order valence-electron chi connectivity index (χ0n) is 12.3.